The van der Waals surface area contributed by atoms with Crippen molar-refractivity contribution >= 4 is 0 Å². The van der Waals surface area contributed by atoms with E-state index in [1.165, 1.54) is 56.9 Å². The van der Waals surface area contributed by atoms with Crippen molar-refractivity contribution in [3.8, 4) is 0 Å². The van der Waals surface area contributed by atoms with Gasteiger partial charge in [-0.1, -0.05) is 35.9 Å². The Morgan fingerprint density at radius 2 is 1.38 bits per heavy atom. The zero-order valence-electron chi connectivity index (χ0n) is 13.6. The molecule has 2 saturated carbocycles. The molecule has 0 aliphatic heterocycles. The number of allylic oxidation sites excluding steroid dienone is 1. The van der Waals surface area contributed by atoms with E-state index in [1.54, 1.807) is 5.56 Å². The van der Waals surface area contributed by atoms with Gasteiger partial charge in [-0.05, 0) is 87.5 Å². The molecule has 118 valence electrons. The lowest BCUT2D eigenvalue weighted by molar-refractivity contribution is 0.171. The second kappa shape index (κ2) is 6.81. The first-order valence-corrected chi connectivity index (χ1v) is 8.95. The van der Waals surface area contributed by atoms with Crippen LogP contribution in [0, 0.1) is 24.7 Å². The van der Waals surface area contributed by atoms with E-state index in [0.29, 0.717) is 0 Å². The van der Waals surface area contributed by atoms with Crippen molar-refractivity contribution in [1.82, 2.24) is 0 Å². The van der Waals surface area contributed by atoms with Crippen LogP contribution in [0.15, 0.2) is 36.9 Å². The predicted molar refractivity (Wildman–Crippen MR) is 95.8 cm³/mol. The van der Waals surface area contributed by atoms with Gasteiger partial charge in [0, 0.05) is 2.85 Å². The molecule has 2 fully saturated rings. The summed E-state index contributed by atoms with van der Waals surface area (Å²) in [5.41, 5.74) is 2.96. The molecule has 0 nitrogen and oxygen atoms in total. The van der Waals surface area contributed by atoms with E-state index < -0.39 is 0 Å². The van der Waals surface area contributed by atoms with E-state index in [-0.39, 0.29) is 2.85 Å². The molecule has 0 bridgehead atoms. The number of rotatable bonds is 3. The van der Waals surface area contributed by atoms with Gasteiger partial charge in [-0.2, -0.15) is 0 Å². The molecule has 21 heavy (non-hydrogen) atoms. The van der Waals surface area contributed by atoms with Crippen molar-refractivity contribution in [3.05, 3.63) is 48.0 Å². The number of aryl methyl sites for hydroxylation is 1. The molecule has 0 N–H and O–H groups in total. The fourth-order valence-electron chi connectivity index (χ4n) is 4.61. The van der Waals surface area contributed by atoms with Gasteiger partial charge in [-0.15, -0.1) is 6.58 Å². The molecule has 2 aliphatic carbocycles. The zero-order valence-corrected chi connectivity index (χ0v) is 13.6. The highest BCUT2D eigenvalue weighted by Crippen LogP contribution is 2.43. The van der Waals surface area contributed by atoms with E-state index in [0.717, 1.165) is 23.7 Å². The van der Waals surface area contributed by atoms with Crippen LogP contribution >= 0.6 is 0 Å². The molecule has 0 aromatic heterocycles. The van der Waals surface area contributed by atoms with E-state index in [2.05, 4.69) is 43.8 Å². The Bertz CT molecular complexity index is 449. The third kappa shape index (κ3) is 3.59. The van der Waals surface area contributed by atoms with Crippen LogP contribution in [0.25, 0.3) is 0 Å². The summed E-state index contributed by atoms with van der Waals surface area (Å²) in [6.45, 7) is 6.15. The molecule has 0 amide bonds. The van der Waals surface area contributed by atoms with Gasteiger partial charge in [-0.25, -0.2) is 0 Å². The monoisotopic (exact) mass is 286 g/mol. The minimum atomic E-state index is 0. The molecule has 0 spiro atoms. The number of hydrogen-bond acceptors (Lipinski definition) is 0. The van der Waals surface area contributed by atoms with Crippen LogP contribution in [0.1, 0.15) is 71.3 Å². The quantitative estimate of drug-likeness (QED) is 0.539. The maximum absolute atomic E-state index is 3.97. The fourth-order valence-corrected chi connectivity index (χ4v) is 4.61. The van der Waals surface area contributed by atoms with E-state index in [9.17, 15) is 0 Å². The summed E-state index contributed by atoms with van der Waals surface area (Å²) in [4.78, 5) is 0. The Morgan fingerprint density at radius 3 is 1.90 bits per heavy atom. The standard InChI is InChI=1S/C21H30.2H2/c1-3-17-6-10-19(11-7-17)21-14-12-20(13-15-21)18-8-4-16(2)5-9-18;;/h3-5,8-9,17,19-21H,1,6-7,10-15H2,2H3;2*1H. The summed E-state index contributed by atoms with van der Waals surface area (Å²) in [5, 5.41) is 0. The van der Waals surface area contributed by atoms with E-state index in [1.807, 2.05) is 0 Å². The second-order valence-electron chi connectivity index (χ2n) is 7.43. The highest BCUT2D eigenvalue weighted by atomic mass is 14.4. The lowest BCUT2D eigenvalue weighted by Gasteiger charge is -2.37. The average molecular weight is 287 g/mol. The van der Waals surface area contributed by atoms with Crippen molar-refractivity contribution in [2.24, 2.45) is 17.8 Å². The molecular formula is C21H34. The molecule has 1 aromatic rings. The van der Waals surface area contributed by atoms with Gasteiger partial charge < -0.3 is 0 Å². The molecule has 1 aromatic carbocycles. The molecule has 0 atom stereocenters. The van der Waals surface area contributed by atoms with Crippen molar-refractivity contribution in [2.75, 3.05) is 0 Å². The Balaban J connectivity index is 0.00000132. The molecular weight excluding hydrogens is 252 g/mol. The van der Waals surface area contributed by atoms with Gasteiger partial charge in [-0.3, -0.25) is 0 Å². The first kappa shape index (κ1) is 14.9. The van der Waals surface area contributed by atoms with Gasteiger partial charge in [0.1, 0.15) is 0 Å². The SMILES string of the molecule is C=CC1CCC(C2CCC(c3ccc(C)cc3)CC2)CC1.[HH].[HH]. The van der Waals surface area contributed by atoms with Crippen molar-refractivity contribution in [2.45, 2.75) is 64.2 Å². The molecule has 0 unspecified atom stereocenters. The lowest BCUT2D eigenvalue weighted by Crippen LogP contribution is -2.25. The lowest BCUT2D eigenvalue weighted by atomic mass is 9.68. The van der Waals surface area contributed by atoms with Gasteiger partial charge in [0.15, 0.2) is 0 Å². The van der Waals surface area contributed by atoms with Crippen LogP contribution in [0.3, 0.4) is 0 Å². The summed E-state index contributed by atoms with van der Waals surface area (Å²) in [5.74, 6) is 3.66. The number of hydrogen-bond donors (Lipinski definition) is 0. The minimum Gasteiger partial charge on any atom is -0.103 e. The molecule has 0 radical (unpaired) electrons. The highest BCUT2D eigenvalue weighted by molar-refractivity contribution is 5.24. The highest BCUT2D eigenvalue weighted by Gasteiger charge is 2.30. The Labute approximate surface area is 133 Å². The summed E-state index contributed by atoms with van der Waals surface area (Å²) >= 11 is 0. The summed E-state index contributed by atoms with van der Waals surface area (Å²) in [7, 11) is 0. The van der Waals surface area contributed by atoms with Gasteiger partial charge in [0.05, 0.1) is 0 Å². The van der Waals surface area contributed by atoms with Crippen molar-refractivity contribution in [3.63, 3.8) is 0 Å². The molecule has 0 saturated heterocycles. The van der Waals surface area contributed by atoms with E-state index >= 15 is 0 Å². The van der Waals surface area contributed by atoms with Gasteiger partial charge >= 0.3 is 0 Å². The normalized spacial score (nSPS) is 33.6. The number of benzene rings is 1. The summed E-state index contributed by atoms with van der Waals surface area (Å²) in [6.07, 6.45) is 13.6. The Hall–Kier alpha value is -1.04. The Kier molecular flexibility index (Phi) is 4.83. The van der Waals surface area contributed by atoms with Gasteiger partial charge in [0.25, 0.3) is 0 Å². The third-order valence-corrected chi connectivity index (χ3v) is 6.14. The molecule has 0 heteroatoms. The zero-order chi connectivity index (χ0) is 14.7. The first-order chi connectivity index (χ1) is 10.3. The maximum Gasteiger partial charge on any atom is 0 e. The van der Waals surface area contributed by atoms with Crippen LogP contribution in [0.2, 0.25) is 0 Å². The fraction of sp³-hybridized carbons (Fsp3) is 0.619. The summed E-state index contributed by atoms with van der Waals surface area (Å²) < 4.78 is 0. The molecule has 0 heterocycles. The van der Waals surface area contributed by atoms with Crippen LogP contribution in [-0.4, -0.2) is 0 Å². The topological polar surface area (TPSA) is 0 Å². The molecule has 3 rings (SSSR count). The summed E-state index contributed by atoms with van der Waals surface area (Å²) in [6, 6.07) is 9.27. The maximum atomic E-state index is 3.97. The molecule has 2 aliphatic rings. The largest absolute Gasteiger partial charge is 0.103 e. The second-order valence-corrected chi connectivity index (χ2v) is 7.43. The van der Waals surface area contributed by atoms with Crippen LogP contribution < -0.4 is 0 Å². The van der Waals surface area contributed by atoms with Crippen molar-refractivity contribution in [1.29, 1.82) is 0 Å². The van der Waals surface area contributed by atoms with Crippen molar-refractivity contribution < 1.29 is 2.85 Å². The predicted octanol–water partition coefficient (Wildman–Crippen LogP) is 6.75. The Morgan fingerprint density at radius 1 is 0.857 bits per heavy atom. The van der Waals surface area contributed by atoms with Gasteiger partial charge in [0.2, 0.25) is 0 Å². The smallest absolute Gasteiger partial charge is 0 e. The minimum absolute atomic E-state index is 0. The van der Waals surface area contributed by atoms with Crippen LogP contribution in [0.5, 0.6) is 0 Å². The third-order valence-electron chi connectivity index (χ3n) is 6.14. The first-order valence-electron chi connectivity index (χ1n) is 8.95. The average Bonchev–Trinajstić information content (AvgIpc) is 2.56. The van der Waals surface area contributed by atoms with E-state index in [4.69, 9.17) is 0 Å². The van der Waals surface area contributed by atoms with Crippen LogP contribution in [0.4, 0.5) is 0 Å². The van der Waals surface area contributed by atoms with Crippen LogP contribution in [-0.2, 0) is 0 Å².